The number of hydrogen-bond acceptors (Lipinski definition) is 8. The third-order valence-corrected chi connectivity index (χ3v) is 9.61. The van der Waals surface area contributed by atoms with Gasteiger partial charge in [0.2, 0.25) is 25.9 Å². The summed E-state index contributed by atoms with van der Waals surface area (Å²) in [7, 11) is -4.31. The molecule has 192 valence electrons. The average Bonchev–Trinajstić information content (AvgIpc) is 3.32. The molecule has 4 rings (SSSR count). The molecule has 11 nitrogen and oxygen atoms in total. The zero-order valence-electron chi connectivity index (χ0n) is 20.1. The van der Waals surface area contributed by atoms with E-state index in [0.29, 0.717) is 24.6 Å². The zero-order chi connectivity index (χ0) is 26.1. The van der Waals surface area contributed by atoms with Crippen LogP contribution < -0.4 is 5.32 Å². The number of nitrogens with one attached hydrogen (secondary N) is 1. The van der Waals surface area contributed by atoms with E-state index in [1.54, 1.807) is 0 Å². The van der Waals surface area contributed by atoms with Crippen LogP contribution in [0.25, 0.3) is 11.5 Å². The van der Waals surface area contributed by atoms with Gasteiger partial charge in [0.25, 0.3) is 5.91 Å². The molecule has 1 saturated heterocycles. The summed E-state index contributed by atoms with van der Waals surface area (Å²) in [5.41, 5.74) is 0.696. The molecule has 0 aliphatic carbocycles. The number of carbonyl (C=O) groups excluding carboxylic acids is 1. The van der Waals surface area contributed by atoms with Crippen molar-refractivity contribution >= 4 is 32.0 Å². The van der Waals surface area contributed by atoms with Crippen LogP contribution in [0.4, 0.5) is 6.01 Å². The molecule has 1 aliphatic rings. The van der Waals surface area contributed by atoms with Crippen molar-refractivity contribution in [2.45, 2.75) is 29.6 Å². The molecule has 1 aliphatic heterocycles. The molecule has 36 heavy (non-hydrogen) atoms. The zero-order valence-corrected chi connectivity index (χ0v) is 21.7. The summed E-state index contributed by atoms with van der Waals surface area (Å²) in [6.07, 6.45) is 1.83. The van der Waals surface area contributed by atoms with Gasteiger partial charge < -0.3 is 4.42 Å². The van der Waals surface area contributed by atoms with Gasteiger partial charge in [-0.25, -0.2) is 21.1 Å². The van der Waals surface area contributed by atoms with Gasteiger partial charge in [-0.1, -0.05) is 12.0 Å². The molecule has 1 unspecified atom stereocenters. The van der Waals surface area contributed by atoms with E-state index in [4.69, 9.17) is 4.42 Å². The first-order chi connectivity index (χ1) is 17.0. The minimum absolute atomic E-state index is 0.0938. The Morgan fingerprint density at radius 2 is 1.64 bits per heavy atom. The quantitative estimate of drug-likeness (QED) is 0.488. The van der Waals surface area contributed by atoms with Gasteiger partial charge in [0.05, 0.1) is 9.79 Å². The number of aromatic nitrogens is 2. The molecule has 13 heteroatoms. The molecule has 0 saturated carbocycles. The Kier molecular flexibility index (Phi) is 7.27. The van der Waals surface area contributed by atoms with Gasteiger partial charge >= 0.3 is 6.01 Å². The molecule has 2 aromatic carbocycles. The van der Waals surface area contributed by atoms with E-state index in [-0.39, 0.29) is 27.3 Å². The lowest BCUT2D eigenvalue weighted by molar-refractivity contribution is 0.102. The van der Waals surface area contributed by atoms with Crippen molar-refractivity contribution in [2.75, 3.05) is 32.5 Å². The fourth-order valence-corrected chi connectivity index (χ4v) is 6.33. The Hall–Kier alpha value is -3.13. The molecule has 0 radical (unpaired) electrons. The molecule has 3 aromatic rings. The second kappa shape index (κ2) is 10.1. The van der Waals surface area contributed by atoms with Crippen molar-refractivity contribution in [1.29, 1.82) is 0 Å². The molecule has 2 heterocycles. The minimum Gasteiger partial charge on any atom is -0.403 e. The SMILES string of the molecule is CC1CCCN(S(=O)(=O)c2ccc(C(=O)Nc3nnc(-c4ccc(S(=O)(=O)N(C)C)cc4)o3)cc2)C1. The Morgan fingerprint density at radius 1 is 1.00 bits per heavy atom. The van der Waals surface area contributed by atoms with E-state index in [1.165, 1.54) is 66.9 Å². The topological polar surface area (TPSA) is 143 Å². The lowest BCUT2D eigenvalue weighted by Crippen LogP contribution is -2.39. The van der Waals surface area contributed by atoms with Crippen LogP contribution in [-0.4, -0.2) is 68.7 Å². The Bertz CT molecular complexity index is 1450. The van der Waals surface area contributed by atoms with Crippen LogP contribution in [0.5, 0.6) is 0 Å². The summed E-state index contributed by atoms with van der Waals surface area (Å²) in [6, 6.07) is 11.4. The van der Waals surface area contributed by atoms with Crippen molar-refractivity contribution in [3.05, 3.63) is 54.1 Å². The monoisotopic (exact) mass is 533 g/mol. The van der Waals surface area contributed by atoms with Crippen molar-refractivity contribution in [3.63, 3.8) is 0 Å². The van der Waals surface area contributed by atoms with Crippen LogP contribution in [0.15, 0.2) is 62.7 Å². The molecule has 1 atom stereocenters. The van der Waals surface area contributed by atoms with E-state index in [9.17, 15) is 21.6 Å². The van der Waals surface area contributed by atoms with Gasteiger partial charge in [0.1, 0.15) is 0 Å². The highest BCUT2D eigenvalue weighted by Gasteiger charge is 2.28. The lowest BCUT2D eigenvalue weighted by Gasteiger charge is -2.30. The van der Waals surface area contributed by atoms with Gasteiger partial charge in [-0.05, 0) is 67.3 Å². The van der Waals surface area contributed by atoms with E-state index in [1.807, 2.05) is 6.92 Å². The third-order valence-electron chi connectivity index (χ3n) is 5.90. The molecule has 1 fully saturated rings. The summed E-state index contributed by atoms with van der Waals surface area (Å²) in [4.78, 5) is 12.9. The van der Waals surface area contributed by atoms with Crippen LogP contribution in [-0.2, 0) is 20.0 Å². The first-order valence-corrected chi connectivity index (χ1v) is 14.1. The van der Waals surface area contributed by atoms with Crippen LogP contribution >= 0.6 is 0 Å². The number of anilines is 1. The largest absolute Gasteiger partial charge is 0.403 e. The average molecular weight is 534 g/mol. The number of nitrogens with zero attached hydrogens (tertiary/aromatic N) is 4. The number of sulfonamides is 2. The minimum atomic E-state index is -3.62. The van der Waals surface area contributed by atoms with Crippen molar-refractivity contribution in [2.24, 2.45) is 5.92 Å². The maximum atomic E-state index is 12.9. The summed E-state index contributed by atoms with van der Waals surface area (Å²) in [6.45, 7) is 3.00. The molecule has 1 aromatic heterocycles. The maximum Gasteiger partial charge on any atom is 0.322 e. The summed E-state index contributed by atoms with van der Waals surface area (Å²) in [5, 5.41) is 10.2. The fraction of sp³-hybridized carbons (Fsp3) is 0.348. The number of amides is 1. The Morgan fingerprint density at radius 3 is 2.25 bits per heavy atom. The predicted molar refractivity (Wildman–Crippen MR) is 132 cm³/mol. The molecule has 1 N–H and O–H groups in total. The molecular weight excluding hydrogens is 506 g/mol. The van der Waals surface area contributed by atoms with Gasteiger partial charge in [-0.15, -0.1) is 5.10 Å². The van der Waals surface area contributed by atoms with E-state index < -0.39 is 26.0 Å². The summed E-state index contributed by atoms with van der Waals surface area (Å²) in [5.74, 6) is -0.147. The van der Waals surface area contributed by atoms with Gasteiger partial charge in [0, 0.05) is 38.3 Å². The first-order valence-electron chi connectivity index (χ1n) is 11.3. The molecule has 1 amide bonds. The van der Waals surface area contributed by atoms with E-state index in [2.05, 4.69) is 15.5 Å². The van der Waals surface area contributed by atoms with Crippen molar-refractivity contribution < 1.29 is 26.0 Å². The smallest absolute Gasteiger partial charge is 0.322 e. The summed E-state index contributed by atoms with van der Waals surface area (Å²) >= 11 is 0. The van der Waals surface area contributed by atoms with E-state index in [0.717, 1.165) is 17.1 Å². The maximum absolute atomic E-state index is 12.9. The second-order valence-electron chi connectivity index (χ2n) is 8.81. The normalized spacial score (nSPS) is 17.3. The van der Waals surface area contributed by atoms with E-state index >= 15 is 0 Å². The number of rotatable bonds is 7. The Labute approximate surface area is 210 Å². The van der Waals surface area contributed by atoms with Gasteiger partial charge in [-0.2, -0.15) is 4.31 Å². The lowest BCUT2D eigenvalue weighted by atomic mass is 10.0. The van der Waals surface area contributed by atoms with Crippen LogP contribution in [0, 0.1) is 5.92 Å². The highest BCUT2D eigenvalue weighted by molar-refractivity contribution is 7.89. The van der Waals surface area contributed by atoms with Crippen molar-refractivity contribution in [1.82, 2.24) is 18.8 Å². The highest BCUT2D eigenvalue weighted by Crippen LogP contribution is 2.25. The van der Waals surface area contributed by atoms with Gasteiger partial charge in [-0.3, -0.25) is 10.1 Å². The Balaban J connectivity index is 1.43. The summed E-state index contributed by atoms with van der Waals surface area (Å²) < 4.78 is 58.3. The second-order valence-corrected chi connectivity index (χ2v) is 12.9. The number of carbonyl (C=O) groups is 1. The van der Waals surface area contributed by atoms with Crippen LogP contribution in [0.3, 0.4) is 0 Å². The predicted octanol–water partition coefficient (Wildman–Crippen LogP) is 2.66. The standard InChI is InChI=1S/C23H27N5O6S2/c1-16-5-4-14-28(15-16)36(32,33)20-10-6-17(7-11-20)21(29)24-23-26-25-22(34-23)18-8-12-19(13-9-18)35(30,31)27(2)3/h6-13,16H,4-5,14-15H2,1-3H3,(H,24,26,29). The van der Waals surface area contributed by atoms with Crippen LogP contribution in [0.1, 0.15) is 30.1 Å². The fourth-order valence-electron chi connectivity index (χ4n) is 3.83. The number of benzene rings is 2. The molecule has 0 spiro atoms. The molecule has 0 bridgehead atoms. The molecular formula is C23H27N5O6S2. The van der Waals surface area contributed by atoms with Crippen LogP contribution in [0.2, 0.25) is 0 Å². The van der Waals surface area contributed by atoms with Gasteiger partial charge in [0.15, 0.2) is 0 Å². The first kappa shape index (κ1) is 25.9. The third kappa shape index (κ3) is 5.33. The highest BCUT2D eigenvalue weighted by atomic mass is 32.2. The van der Waals surface area contributed by atoms with Crippen molar-refractivity contribution in [3.8, 4) is 11.5 Å². The number of hydrogen-bond donors (Lipinski definition) is 1. The number of piperidine rings is 1.